The summed E-state index contributed by atoms with van der Waals surface area (Å²) in [7, 11) is 2.89. The van der Waals surface area contributed by atoms with Gasteiger partial charge in [-0.2, -0.15) is 0 Å². The van der Waals surface area contributed by atoms with Crippen LogP contribution in [0.5, 0.6) is 5.75 Å². The molecule has 0 saturated heterocycles. The van der Waals surface area contributed by atoms with Crippen molar-refractivity contribution in [3.63, 3.8) is 0 Å². The topological polar surface area (TPSA) is 51.3 Å². The Bertz CT molecular complexity index is 547. The van der Waals surface area contributed by atoms with Crippen LogP contribution in [0.15, 0.2) is 18.2 Å². The lowest BCUT2D eigenvalue weighted by Crippen LogP contribution is -2.00. The first kappa shape index (κ1) is 10.8. The molecule has 0 aliphatic rings. The van der Waals surface area contributed by atoms with Gasteiger partial charge in [0.1, 0.15) is 11.4 Å². The van der Waals surface area contributed by atoms with E-state index in [9.17, 15) is 4.79 Å². The van der Waals surface area contributed by atoms with Crippen molar-refractivity contribution in [3.05, 3.63) is 28.9 Å². The Kier molecular flexibility index (Phi) is 2.75. The van der Waals surface area contributed by atoms with Crippen LogP contribution in [0.25, 0.3) is 10.9 Å². The van der Waals surface area contributed by atoms with E-state index in [2.05, 4.69) is 9.72 Å². The summed E-state index contributed by atoms with van der Waals surface area (Å²) in [6.07, 6.45) is 0. The average molecular weight is 240 g/mol. The van der Waals surface area contributed by atoms with Gasteiger partial charge >= 0.3 is 5.97 Å². The molecule has 1 heterocycles. The van der Waals surface area contributed by atoms with Gasteiger partial charge in [-0.1, -0.05) is 11.6 Å². The number of aromatic nitrogens is 1. The number of nitrogens with one attached hydrogen (secondary N) is 1. The van der Waals surface area contributed by atoms with Gasteiger partial charge in [0.05, 0.1) is 24.8 Å². The molecule has 0 atom stereocenters. The number of fused-ring (bicyclic) bond motifs is 1. The third kappa shape index (κ3) is 1.61. The zero-order chi connectivity index (χ0) is 11.7. The number of esters is 1. The number of methoxy groups -OCH3 is 2. The van der Waals surface area contributed by atoms with Crippen LogP contribution in [0.4, 0.5) is 0 Å². The Morgan fingerprint density at radius 1 is 1.38 bits per heavy atom. The number of carbonyl (C=O) groups excluding carboxylic acids is 1. The molecule has 4 nitrogen and oxygen atoms in total. The Hall–Kier alpha value is -1.68. The van der Waals surface area contributed by atoms with Gasteiger partial charge in [0.2, 0.25) is 0 Å². The molecule has 0 radical (unpaired) electrons. The van der Waals surface area contributed by atoms with Crippen molar-refractivity contribution in [2.75, 3.05) is 14.2 Å². The maximum absolute atomic E-state index is 11.4. The summed E-state index contributed by atoms with van der Waals surface area (Å²) in [4.78, 5) is 14.3. The van der Waals surface area contributed by atoms with Crippen LogP contribution in [0, 0.1) is 0 Å². The predicted molar refractivity (Wildman–Crippen MR) is 61.2 cm³/mol. The van der Waals surface area contributed by atoms with E-state index in [1.165, 1.54) is 7.11 Å². The number of benzene rings is 1. The minimum atomic E-state index is -0.436. The molecule has 0 aliphatic carbocycles. The monoisotopic (exact) mass is 239 g/mol. The summed E-state index contributed by atoms with van der Waals surface area (Å²) in [5.74, 6) is 0.222. The smallest absolute Gasteiger partial charge is 0.354 e. The van der Waals surface area contributed by atoms with Crippen molar-refractivity contribution < 1.29 is 14.3 Å². The number of hydrogen-bond donors (Lipinski definition) is 1. The highest BCUT2D eigenvalue weighted by molar-refractivity contribution is 6.35. The van der Waals surface area contributed by atoms with Crippen LogP contribution in [0.2, 0.25) is 5.02 Å². The largest absolute Gasteiger partial charge is 0.496 e. The molecule has 0 amide bonds. The zero-order valence-electron chi connectivity index (χ0n) is 8.83. The minimum absolute atomic E-state index is 0.351. The number of carbonyl (C=O) groups is 1. The third-order valence-corrected chi connectivity index (χ3v) is 2.64. The lowest BCUT2D eigenvalue weighted by Gasteiger charge is -2.01. The van der Waals surface area contributed by atoms with E-state index in [1.54, 1.807) is 25.3 Å². The highest BCUT2D eigenvalue weighted by atomic mass is 35.5. The molecular formula is C11H10ClNO3. The van der Waals surface area contributed by atoms with Crippen molar-refractivity contribution in [2.24, 2.45) is 0 Å². The maximum Gasteiger partial charge on any atom is 0.354 e. The van der Waals surface area contributed by atoms with Crippen molar-refractivity contribution in [1.29, 1.82) is 0 Å². The summed E-state index contributed by atoms with van der Waals surface area (Å²) < 4.78 is 9.80. The van der Waals surface area contributed by atoms with Crippen molar-refractivity contribution >= 4 is 28.5 Å². The zero-order valence-corrected chi connectivity index (χ0v) is 9.59. The lowest BCUT2D eigenvalue weighted by molar-refractivity contribution is 0.0595. The van der Waals surface area contributed by atoms with E-state index in [0.717, 1.165) is 5.39 Å². The maximum atomic E-state index is 11.4. The fraction of sp³-hybridized carbons (Fsp3) is 0.182. The summed E-state index contributed by atoms with van der Waals surface area (Å²) in [6.45, 7) is 0. The van der Waals surface area contributed by atoms with Crippen molar-refractivity contribution in [2.45, 2.75) is 0 Å². The van der Waals surface area contributed by atoms with Gasteiger partial charge in [-0.05, 0) is 18.2 Å². The second kappa shape index (κ2) is 4.06. The van der Waals surface area contributed by atoms with E-state index < -0.39 is 5.97 Å². The Morgan fingerprint density at radius 3 is 2.75 bits per heavy atom. The van der Waals surface area contributed by atoms with Crippen LogP contribution in [-0.4, -0.2) is 25.2 Å². The molecule has 0 unspecified atom stereocenters. The number of H-pyrrole nitrogens is 1. The fourth-order valence-electron chi connectivity index (χ4n) is 1.56. The van der Waals surface area contributed by atoms with Gasteiger partial charge in [0.15, 0.2) is 0 Å². The van der Waals surface area contributed by atoms with Crippen LogP contribution in [0.1, 0.15) is 10.5 Å². The minimum Gasteiger partial charge on any atom is -0.496 e. The molecule has 0 spiro atoms. The van der Waals surface area contributed by atoms with E-state index in [1.807, 2.05) is 0 Å². The number of ether oxygens (including phenoxy) is 2. The molecule has 2 rings (SSSR count). The summed E-state index contributed by atoms with van der Waals surface area (Å²) in [5, 5.41) is 1.29. The molecule has 1 aromatic carbocycles. The molecule has 0 fully saturated rings. The normalized spacial score (nSPS) is 10.4. The molecule has 0 bridgehead atoms. The van der Waals surface area contributed by atoms with Gasteiger partial charge in [-0.3, -0.25) is 0 Å². The highest BCUT2D eigenvalue weighted by Crippen LogP contribution is 2.31. The number of aromatic amines is 1. The van der Waals surface area contributed by atoms with E-state index >= 15 is 0 Å². The van der Waals surface area contributed by atoms with Gasteiger partial charge in [0.25, 0.3) is 0 Å². The second-order valence-electron chi connectivity index (χ2n) is 3.21. The molecule has 5 heteroatoms. The van der Waals surface area contributed by atoms with Crippen LogP contribution >= 0.6 is 11.6 Å². The third-order valence-electron chi connectivity index (χ3n) is 2.33. The molecule has 2 aromatic rings. The van der Waals surface area contributed by atoms with Crippen LogP contribution in [-0.2, 0) is 4.74 Å². The Balaban J connectivity index is 2.68. The number of halogens is 1. The number of rotatable bonds is 2. The molecule has 16 heavy (non-hydrogen) atoms. The van der Waals surface area contributed by atoms with E-state index in [-0.39, 0.29) is 0 Å². The molecule has 1 N–H and O–H groups in total. The summed E-state index contributed by atoms with van der Waals surface area (Å²) >= 11 is 6.01. The van der Waals surface area contributed by atoms with Gasteiger partial charge < -0.3 is 14.5 Å². The van der Waals surface area contributed by atoms with Crippen molar-refractivity contribution in [3.8, 4) is 5.75 Å². The average Bonchev–Trinajstić information content (AvgIpc) is 2.74. The highest BCUT2D eigenvalue weighted by Gasteiger charge is 2.14. The van der Waals surface area contributed by atoms with E-state index in [0.29, 0.717) is 22.0 Å². The second-order valence-corrected chi connectivity index (χ2v) is 3.62. The Labute approximate surface area is 97.1 Å². The summed E-state index contributed by atoms with van der Waals surface area (Å²) in [5.41, 5.74) is 1.02. The first-order valence-corrected chi connectivity index (χ1v) is 4.98. The van der Waals surface area contributed by atoms with E-state index in [4.69, 9.17) is 16.3 Å². The molecule has 0 aliphatic heterocycles. The molecular weight excluding hydrogens is 230 g/mol. The molecule has 1 aromatic heterocycles. The predicted octanol–water partition coefficient (Wildman–Crippen LogP) is 2.62. The fourth-order valence-corrected chi connectivity index (χ4v) is 1.77. The Morgan fingerprint density at radius 2 is 2.12 bits per heavy atom. The summed E-state index contributed by atoms with van der Waals surface area (Å²) in [6, 6.07) is 5.12. The van der Waals surface area contributed by atoms with Gasteiger partial charge in [-0.25, -0.2) is 4.79 Å². The molecule has 84 valence electrons. The van der Waals surface area contributed by atoms with Gasteiger partial charge in [-0.15, -0.1) is 0 Å². The SMILES string of the molecule is COC(=O)c1cc2c(OC)ccc(Cl)c2[nH]1. The first-order valence-electron chi connectivity index (χ1n) is 4.61. The lowest BCUT2D eigenvalue weighted by atomic mass is 10.2. The standard InChI is InChI=1S/C11H10ClNO3/c1-15-9-4-3-7(12)10-6(9)5-8(13-10)11(14)16-2/h3-5,13H,1-2H3. The molecule has 0 saturated carbocycles. The number of hydrogen-bond acceptors (Lipinski definition) is 3. The quantitative estimate of drug-likeness (QED) is 0.820. The first-order chi connectivity index (χ1) is 7.67. The van der Waals surface area contributed by atoms with Crippen molar-refractivity contribution in [1.82, 2.24) is 4.98 Å². The van der Waals surface area contributed by atoms with Gasteiger partial charge in [0, 0.05) is 5.39 Å². The van der Waals surface area contributed by atoms with Crippen LogP contribution < -0.4 is 4.74 Å². The van der Waals surface area contributed by atoms with Crippen LogP contribution in [0.3, 0.4) is 0 Å².